The first kappa shape index (κ1) is 18.7. The summed E-state index contributed by atoms with van der Waals surface area (Å²) in [6.45, 7) is 1.27. The number of hydrogen-bond acceptors (Lipinski definition) is 3. The number of likely N-dealkylation sites (tertiary alicyclic amines) is 1. The third-order valence-corrected chi connectivity index (χ3v) is 7.44. The van der Waals surface area contributed by atoms with Gasteiger partial charge in [-0.05, 0) is 47.9 Å². The lowest BCUT2D eigenvalue weighted by atomic mass is 9.65. The van der Waals surface area contributed by atoms with Crippen LogP contribution in [0.4, 0.5) is 4.79 Å². The van der Waals surface area contributed by atoms with Crippen LogP contribution in [0.1, 0.15) is 55.6 Å². The number of rotatable bonds is 3. The lowest BCUT2D eigenvalue weighted by molar-refractivity contribution is -0.0487. The van der Waals surface area contributed by atoms with Gasteiger partial charge in [-0.15, -0.1) is 0 Å². The second kappa shape index (κ2) is 7.49. The Morgan fingerprint density at radius 3 is 2.34 bits per heavy atom. The van der Waals surface area contributed by atoms with E-state index in [1.807, 2.05) is 4.90 Å². The Morgan fingerprint density at radius 1 is 1.00 bits per heavy atom. The molecule has 152 valence electrons. The van der Waals surface area contributed by atoms with Crippen LogP contribution < -0.4 is 0 Å². The van der Waals surface area contributed by atoms with Gasteiger partial charge in [-0.25, -0.2) is 4.79 Å². The maximum atomic E-state index is 13.1. The highest BCUT2D eigenvalue weighted by Gasteiger charge is 2.47. The standard InChI is InChI=1S/C25H29NO3/c27-17-25-13-6-5-12-23(25)26(15-7-14-25)24(28)29-16-22-20-10-3-1-8-18(20)19-9-2-4-11-21(19)22/h1-4,8-11,22-23,27H,5-7,12-17H2/t23-,25+/m0/s1. The number of piperidine rings is 1. The van der Waals surface area contributed by atoms with E-state index < -0.39 is 0 Å². The topological polar surface area (TPSA) is 49.8 Å². The van der Waals surface area contributed by atoms with E-state index in [1.165, 1.54) is 22.3 Å². The molecule has 5 rings (SSSR count). The molecule has 29 heavy (non-hydrogen) atoms. The molecule has 4 heteroatoms. The summed E-state index contributed by atoms with van der Waals surface area (Å²) in [7, 11) is 0. The van der Waals surface area contributed by atoms with Gasteiger partial charge in [0.25, 0.3) is 0 Å². The fraction of sp³-hybridized carbons (Fsp3) is 0.480. The maximum absolute atomic E-state index is 13.1. The lowest BCUT2D eigenvalue weighted by Crippen LogP contribution is -2.57. The van der Waals surface area contributed by atoms with E-state index in [0.717, 1.165) is 45.1 Å². The highest BCUT2D eigenvalue weighted by Crippen LogP contribution is 2.47. The maximum Gasteiger partial charge on any atom is 0.410 e. The lowest BCUT2D eigenvalue weighted by Gasteiger charge is -2.51. The van der Waals surface area contributed by atoms with E-state index in [4.69, 9.17) is 4.74 Å². The van der Waals surface area contributed by atoms with Crippen LogP contribution in [0.5, 0.6) is 0 Å². The van der Waals surface area contributed by atoms with Gasteiger partial charge in [0.2, 0.25) is 0 Å². The van der Waals surface area contributed by atoms with E-state index in [0.29, 0.717) is 6.61 Å². The molecule has 1 amide bonds. The molecule has 1 N–H and O–H groups in total. The first-order valence-corrected chi connectivity index (χ1v) is 11.0. The first-order valence-electron chi connectivity index (χ1n) is 11.0. The molecule has 0 bridgehead atoms. The summed E-state index contributed by atoms with van der Waals surface area (Å²) >= 11 is 0. The van der Waals surface area contributed by atoms with E-state index in [-0.39, 0.29) is 30.1 Å². The second-order valence-electron chi connectivity index (χ2n) is 8.88. The summed E-state index contributed by atoms with van der Waals surface area (Å²) in [4.78, 5) is 15.0. The van der Waals surface area contributed by atoms with Crippen LogP contribution in [0.2, 0.25) is 0 Å². The zero-order valence-electron chi connectivity index (χ0n) is 16.8. The Hall–Kier alpha value is -2.33. The molecular formula is C25H29NO3. The molecule has 1 aliphatic heterocycles. The predicted octanol–water partition coefficient (Wildman–Crippen LogP) is 4.95. The predicted molar refractivity (Wildman–Crippen MR) is 113 cm³/mol. The molecule has 2 aromatic carbocycles. The summed E-state index contributed by atoms with van der Waals surface area (Å²) in [5.41, 5.74) is 4.84. The average Bonchev–Trinajstić information content (AvgIpc) is 3.10. The largest absolute Gasteiger partial charge is 0.448 e. The van der Waals surface area contributed by atoms with Gasteiger partial charge < -0.3 is 14.7 Å². The zero-order valence-corrected chi connectivity index (χ0v) is 16.8. The van der Waals surface area contributed by atoms with Gasteiger partial charge in [0, 0.05) is 23.9 Å². The summed E-state index contributed by atoms with van der Waals surface area (Å²) in [5, 5.41) is 10.1. The Kier molecular flexibility index (Phi) is 4.83. The summed E-state index contributed by atoms with van der Waals surface area (Å²) < 4.78 is 5.92. The Morgan fingerprint density at radius 2 is 1.66 bits per heavy atom. The molecule has 1 heterocycles. The summed E-state index contributed by atoms with van der Waals surface area (Å²) in [5.74, 6) is 0.0881. The van der Waals surface area contributed by atoms with Crippen molar-refractivity contribution >= 4 is 6.09 Å². The normalized spacial score (nSPS) is 25.8. The number of nitrogens with zero attached hydrogens (tertiary/aromatic N) is 1. The number of amides is 1. The van der Waals surface area contributed by atoms with Crippen LogP contribution >= 0.6 is 0 Å². The Balaban J connectivity index is 1.35. The molecule has 0 radical (unpaired) electrons. The molecule has 0 aromatic heterocycles. The van der Waals surface area contributed by atoms with E-state index in [1.54, 1.807) is 0 Å². The molecule has 1 saturated heterocycles. The van der Waals surface area contributed by atoms with Crippen LogP contribution in [-0.2, 0) is 4.74 Å². The van der Waals surface area contributed by atoms with Crippen LogP contribution in [0.3, 0.4) is 0 Å². The molecule has 3 aliphatic rings. The van der Waals surface area contributed by atoms with Crippen molar-refractivity contribution in [3.8, 4) is 11.1 Å². The molecule has 1 saturated carbocycles. The van der Waals surface area contributed by atoms with Gasteiger partial charge in [0.1, 0.15) is 6.61 Å². The minimum absolute atomic E-state index is 0.0881. The average molecular weight is 392 g/mol. The summed E-state index contributed by atoms with van der Waals surface area (Å²) in [6.07, 6.45) is 6.01. The molecule has 2 atom stereocenters. The number of aliphatic hydroxyl groups is 1. The number of ether oxygens (including phenoxy) is 1. The second-order valence-corrected chi connectivity index (χ2v) is 8.88. The monoisotopic (exact) mass is 391 g/mol. The van der Waals surface area contributed by atoms with Crippen LogP contribution in [0.25, 0.3) is 11.1 Å². The molecule has 0 unspecified atom stereocenters. The number of carbonyl (C=O) groups is 1. The third-order valence-electron chi connectivity index (χ3n) is 7.44. The third kappa shape index (κ3) is 3.05. The smallest absolute Gasteiger partial charge is 0.410 e. The number of carbonyl (C=O) groups excluding carboxylic acids is 1. The van der Waals surface area contributed by atoms with Crippen molar-refractivity contribution in [2.75, 3.05) is 19.8 Å². The van der Waals surface area contributed by atoms with E-state index in [2.05, 4.69) is 48.5 Å². The molecular weight excluding hydrogens is 362 g/mol. The molecule has 4 nitrogen and oxygen atoms in total. The van der Waals surface area contributed by atoms with Gasteiger partial charge in [-0.1, -0.05) is 61.4 Å². The van der Waals surface area contributed by atoms with Crippen LogP contribution in [0, 0.1) is 5.41 Å². The number of aliphatic hydroxyl groups excluding tert-OH is 1. The SMILES string of the molecule is O=C(OCC1c2ccccc2-c2ccccc21)N1CCC[C@@]2(CO)CCCC[C@H]12. The molecule has 2 aromatic rings. The van der Waals surface area contributed by atoms with Crippen molar-refractivity contribution in [2.45, 2.75) is 50.5 Å². The number of hydrogen-bond donors (Lipinski definition) is 1. The minimum Gasteiger partial charge on any atom is -0.448 e. The number of fused-ring (bicyclic) bond motifs is 4. The van der Waals surface area contributed by atoms with Crippen molar-refractivity contribution in [3.63, 3.8) is 0 Å². The van der Waals surface area contributed by atoms with Crippen molar-refractivity contribution in [1.82, 2.24) is 4.90 Å². The van der Waals surface area contributed by atoms with Gasteiger partial charge in [0.15, 0.2) is 0 Å². The van der Waals surface area contributed by atoms with Crippen molar-refractivity contribution in [2.24, 2.45) is 5.41 Å². The van der Waals surface area contributed by atoms with Crippen LogP contribution in [-0.4, -0.2) is 41.9 Å². The van der Waals surface area contributed by atoms with Gasteiger partial charge >= 0.3 is 6.09 Å². The molecule has 2 fully saturated rings. The van der Waals surface area contributed by atoms with Gasteiger partial charge in [0.05, 0.1) is 6.61 Å². The Bertz CT molecular complexity index is 861. The van der Waals surface area contributed by atoms with Crippen molar-refractivity contribution in [1.29, 1.82) is 0 Å². The van der Waals surface area contributed by atoms with E-state index >= 15 is 0 Å². The van der Waals surface area contributed by atoms with Gasteiger partial charge in [-0.3, -0.25) is 0 Å². The van der Waals surface area contributed by atoms with Crippen LogP contribution in [0.15, 0.2) is 48.5 Å². The van der Waals surface area contributed by atoms with E-state index in [9.17, 15) is 9.90 Å². The quantitative estimate of drug-likeness (QED) is 0.805. The first-order chi connectivity index (χ1) is 14.2. The number of benzene rings is 2. The highest BCUT2D eigenvalue weighted by atomic mass is 16.6. The zero-order chi connectivity index (χ0) is 19.8. The molecule has 2 aliphatic carbocycles. The van der Waals surface area contributed by atoms with Crippen molar-refractivity contribution < 1.29 is 14.6 Å². The van der Waals surface area contributed by atoms with Gasteiger partial charge in [-0.2, -0.15) is 0 Å². The highest BCUT2D eigenvalue weighted by molar-refractivity contribution is 5.79. The minimum atomic E-state index is -0.212. The fourth-order valence-corrected chi connectivity index (χ4v) is 5.98. The summed E-state index contributed by atoms with van der Waals surface area (Å²) in [6, 6.07) is 17.0. The Labute approximate surface area is 172 Å². The fourth-order valence-electron chi connectivity index (χ4n) is 5.98. The molecule has 0 spiro atoms. The van der Waals surface area contributed by atoms with Crippen molar-refractivity contribution in [3.05, 3.63) is 59.7 Å².